The third-order valence-corrected chi connectivity index (χ3v) is 4.37. The molecule has 26 heavy (non-hydrogen) atoms. The Morgan fingerprint density at radius 2 is 1.46 bits per heavy atom. The number of carbonyl (C=O) groups is 1. The molecule has 0 saturated heterocycles. The Morgan fingerprint density at radius 3 is 1.96 bits per heavy atom. The summed E-state index contributed by atoms with van der Waals surface area (Å²) in [6, 6.07) is 9.73. The molecule has 0 aromatic heterocycles. The number of nitrogens with zero attached hydrogens (tertiary/aromatic N) is 1. The zero-order valence-corrected chi connectivity index (χ0v) is 16.4. The average Bonchev–Trinajstić information content (AvgIpc) is 2.53. The van der Waals surface area contributed by atoms with Crippen molar-refractivity contribution in [3.63, 3.8) is 0 Å². The molecule has 134 valence electrons. The first kappa shape index (κ1) is 19.6. The molecule has 0 bridgehead atoms. The number of aryl methyl sites for hydroxylation is 5. The van der Waals surface area contributed by atoms with Crippen LogP contribution in [0.3, 0.4) is 0 Å². The molecule has 1 amide bonds. The Kier molecular flexibility index (Phi) is 6.07. The average molecular weight is 368 g/mol. The molecule has 0 saturated carbocycles. The van der Waals surface area contributed by atoms with Crippen molar-refractivity contribution >= 4 is 28.9 Å². The molecule has 0 aliphatic rings. The number of hydrogen-bond acceptors (Lipinski definition) is 3. The van der Waals surface area contributed by atoms with Crippen LogP contribution in [0.15, 0.2) is 36.0 Å². The summed E-state index contributed by atoms with van der Waals surface area (Å²) in [7, 11) is 0. The number of benzene rings is 2. The minimum Gasteiger partial charge on any atom is -0.359 e. The van der Waals surface area contributed by atoms with Gasteiger partial charge in [0.1, 0.15) is 11.6 Å². The molecule has 0 fully saturated rings. The van der Waals surface area contributed by atoms with E-state index in [2.05, 4.69) is 10.6 Å². The van der Waals surface area contributed by atoms with Gasteiger partial charge in [0.2, 0.25) is 0 Å². The minimum atomic E-state index is -0.462. The maximum absolute atomic E-state index is 12.5. The number of halogens is 1. The topological polar surface area (TPSA) is 64.9 Å². The Morgan fingerprint density at radius 1 is 0.962 bits per heavy atom. The number of hydrogen-bond donors (Lipinski definition) is 2. The standard InChI is InChI=1S/C21H22ClN3O/c1-12-6-14(3)19(15(4)7-12)25-21(26)17(10-23)11-24-20-16(5)8-13(2)9-18(20)22/h6-9,11,24H,1-5H3,(H,25,26)/b17-11-. The van der Waals surface area contributed by atoms with Crippen molar-refractivity contribution in [1.29, 1.82) is 5.26 Å². The molecule has 0 radical (unpaired) electrons. The summed E-state index contributed by atoms with van der Waals surface area (Å²) >= 11 is 6.25. The van der Waals surface area contributed by atoms with Crippen molar-refractivity contribution in [3.05, 3.63) is 68.9 Å². The highest BCUT2D eigenvalue weighted by atomic mass is 35.5. The zero-order chi connectivity index (χ0) is 19.4. The molecular formula is C21H22ClN3O. The van der Waals surface area contributed by atoms with Gasteiger partial charge in [-0.3, -0.25) is 4.79 Å². The molecule has 0 heterocycles. The van der Waals surface area contributed by atoms with Gasteiger partial charge in [0.25, 0.3) is 5.91 Å². The van der Waals surface area contributed by atoms with Gasteiger partial charge < -0.3 is 10.6 Å². The quantitative estimate of drug-likeness (QED) is 0.566. The largest absolute Gasteiger partial charge is 0.359 e. The van der Waals surface area contributed by atoms with Crippen molar-refractivity contribution in [2.45, 2.75) is 34.6 Å². The summed E-state index contributed by atoms with van der Waals surface area (Å²) in [5.74, 6) is -0.462. The highest BCUT2D eigenvalue weighted by molar-refractivity contribution is 6.33. The Labute approximate surface area is 159 Å². The normalized spacial score (nSPS) is 11.0. The van der Waals surface area contributed by atoms with Crippen LogP contribution >= 0.6 is 11.6 Å². The molecule has 4 nitrogen and oxygen atoms in total. The van der Waals surface area contributed by atoms with Crippen LogP contribution in [0.5, 0.6) is 0 Å². The molecule has 2 aromatic carbocycles. The number of rotatable bonds is 4. The van der Waals surface area contributed by atoms with Gasteiger partial charge in [-0.05, 0) is 62.9 Å². The molecule has 0 aliphatic heterocycles. The van der Waals surface area contributed by atoms with E-state index in [-0.39, 0.29) is 5.57 Å². The van der Waals surface area contributed by atoms with Gasteiger partial charge in [-0.1, -0.05) is 35.4 Å². The molecule has 0 unspecified atom stereocenters. The monoisotopic (exact) mass is 367 g/mol. The van der Waals surface area contributed by atoms with Crippen LogP contribution in [0.1, 0.15) is 27.8 Å². The van der Waals surface area contributed by atoms with E-state index in [9.17, 15) is 10.1 Å². The summed E-state index contributed by atoms with van der Waals surface area (Å²) in [6.07, 6.45) is 1.39. The van der Waals surface area contributed by atoms with Gasteiger partial charge in [0.15, 0.2) is 0 Å². The van der Waals surface area contributed by atoms with E-state index in [1.165, 1.54) is 6.20 Å². The van der Waals surface area contributed by atoms with Crippen molar-refractivity contribution < 1.29 is 4.79 Å². The summed E-state index contributed by atoms with van der Waals surface area (Å²) in [5.41, 5.74) is 6.41. The second-order valence-corrected chi connectivity index (χ2v) is 6.89. The van der Waals surface area contributed by atoms with Gasteiger partial charge in [0.05, 0.1) is 10.7 Å². The number of amides is 1. The SMILES string of the molecule is Cc1cc(C)c(NC(=O)/C(C#N)=C\Nc2c(C)cc(C)cc2Cl)c(C)c1. The van der Waals surface area contributed by atoms with Crippen LogP contribution < -0.4 is 10.6 Å². The second kappa shape index (κ2) is 8.07. The Hall–Kier alpha value is -2.77. The number of carbonyl (C=O) groups excluding carboxylic acids is 1. The number of anilines is 2. The smallest absolute Gasteiger partial charge is 0.267 e. The molecule has 0 spiro atoms. The summed E-state index contributed by atoms with van der Waals surface area (Å²) in [6.45, 7) is 9.74. The van der Waals surface area contributed by atoms with Crippen LogP contribution in [0, 0.1) is 45.9 Å². The fraction of sp³-hybridized carbons (Fsp3) is 0.238. The summed E-state index contributed by atoms with van der Waals surface area (Å²) in [4.78, 5) is 12.5. The molecule has 2 aromatic rings. The molecule has 0 aliphatic carbocycles. The van der Waals surface area contributed by atoms with Gasteiger partial charge in [-0.2, -0.15) is 5.26 Å². The second-order valence-electron chi connectivity index (χ2n) is 6.48. The number of nitrogens with one attached hydrogen (secondary N) is 2. The fourth-order valence-corrected chi connectivity index (χ4v) is 3.33. The van der Waals surface area contributed by atoms with E-state index in [0.29, 0.717) is 10.7 Å². The Bertz CT molecular complexity index is 893. The minimum absolute atomic E-state index is 0.0274. The van der Waals surface area contributed by atoms with Gasteiger partial charge in [-0.15, -0.1) is 0 Å². The lowest BCUT2D eigenvalue weighted by molar-refractivity contribution is -0.112. The van der Waals surface area contributed by atoms with Crippen LogP contribution in [-0.2, 0) is 4.79 Å². The fourth-order valence-electron chi connectivity index (χ4n) is 2.95. The van der Waals surface area contributed by atoms with E-state index in [1.54, 1.807) is 0 Å². The first-order chi connectivity index (χ1) is 12.2. The lowest BCUT2D eigenvalue weighted by atomic mass is 10.0. The van der Waals surface area contributed by atoms with Crippen LogP contribution in [0.4, 0.5) is 11.4 Å². The van der Waals surface area contributed by atoms with Crippen molar-refractivity contribution in [3.8, 4) is 6.07 Å². The lowest BCUT2D eigenvalue weighted by Gasteiger charge is -2.13. The zero-order valence-electron chi connectivity index (χ0n) is 15.6. The van der Waals surface area contributed by atoms with Crippen LogP contribution in [-0.4, -0.2) is 5.91 Å². The van der Waals surface area contributed by atoms with E-state index in [1.807, 2.05) is 65.0 Å². The van der Waals surface area contributed by atoms with Gasteiger partial charge in [0, 0.05) is 11.9 Å². The van der Waals surface area contributed by atoms with Gasteiger partial charge >= 0.3 is 0 Å². The third kappa shape index (κ3) is 4.44. The Balaban J connectivity index is 2.25. The highest BCUT2D eigenvalue weighted by Crippen LogP contribution is 2.27. The molecule has 2 rings (SSSR count). The third-order valence-electron chi connectivity index (χ3n) is 4.07. The lowest BCUT2D eigenvalue weighted by Crippen LogP contribution is -2.16. The number of nitriles is 1. The van der Waals surface area contributed by atoms with Crippen LogP contribution in [0.25, 0.3) is 0 Å². The highest BCUT2D eigenvalue weighted by Gasteiger charge is 2.13. The van der Waals surface area contributed by atoms with E-state index in [0.717, 1.165) is 33.5 Å². The first-order valence-corrected chi connectivity index (χ1v) is 8.63. The molecule has 5 heteroatoms. The summed E-state index contributed by atoms with van der Waals surface area (Å²) < 4.78 is 0. The summed E-state index contributed by atoms with van der Waals surface area (Å²) in [5, 5.41) is 15.7. The van der Waals surface area contributed by atoms with Crippen molar-refractivity contribution in [2.75, 3.05) is 10.6 Å². The predicted octanol–water partition coefficient (Wildman–Crippen LogP) is 5.34. The predicted molar refractivity (Wildman–Crippen MR) is 108 cm³/mol. The van der Waals surface area contributed by atoms with Crippen molar-refractivity contribution in [2.24, 2.45) is 0 Å². The maximum atomic E-state index is 12.5. The van der Waals surface area contributed by atoms with E-state index in [4.69, 9.17) is 11.6 Å². The van der Waals surface area contributed by atoms with Crippen LogP contribution in [0.2, 0.25) is 5.02 Å². The molecular weight excluding hydrogens is 346 g/mol. The van der Waals surface area contributed by atoms with Crippen molar-refractivity contribution in [1.82, 2.24) is 0 Å². The first-order valence-electron chi connectivity index (χ1n) is 8.25. The maximum Gasteiger partial charge on any atom is 0.267 e. The van der Waals surface area contributed by atoms with E-state index < -0.39 is 5.91 Å². The molecule has 0 atom stereocenters. The van der Waals surface area contributed by atoms with Gasteiger partial charge in [-0.25, -0.2) is 0 Å². The van der Waals surface area contributed by atoms with E-state index >= 15 is 0 Å². The molecule has 2 N–H and O–H groups in total.